The first-order valence-corrected chi connectivity index (χ1v) is 5.64. The summed E-state index contributed by atoms with van der Waals surface area (Å²) in [6.45, 7) is 4.12. The molecule has 0 amide bonds. The standard InChI is InChI=1S/C12H13ClN2/c1-7-4-8(13)5-9-10-6-14-3-2-11(10)15-12(7)9/h4-5,14-15H,2-3,6H2,1H3. The van der Waals surface area contributed by atoms with Gasteiger partial charge in [0.2, 0.25) is 0 Å². The van der Waals surface area contributed by atoms with Crippen LogP contribution in [0.2, 0.25) is 5.02 Å². The van der Waals surface area contributed by atoms with Crippen LogP contribution < -0.4 is 5.32 Å². The fraction of sp³-hybridized carbons (Fsp3) is 0.333. The van der Waals surface area contributed by atoms with Crippen LogP contribution in [0, 0.1) is 6.92 Å². The summed E-state index contributed by atoms with van der Waals surface area (Å²) in [5.74, 6) is 0. The van der Waals surface area contributed by atoms with E-state index in [9.17, 15) is 0 Å². The van der Waals surface area contributed by atoms with Crippen LogP contribution in [0.25, 0.3) is 10.9 Å². The van der Waals surface area contributed by atoms with Crippen LogP contribution in [-0.2, 0) is 13.0 Å². The Kier molecular flexibility index (Phi) is 2.01. The van der Waals surface area contributed by atoms with Crippen LogP contribution in [-0.4, -0.2) is 11.5 Å². The summed E-state index contributed by atoms with van der Waals surface area (Å²) in [7, 11) is 0. The molecule has 1 aliphatic heterocycles. The molecule has 3 heteroatoms. The summed E-state index contributed by atoms with van der Waals surface area (Å²) < 4.78 is 0. The summed E-state index contributed by atoms with van der Waals surface area (Å²) in [4.78, 5) is 3.51. The Balaban J connectivity index is 2.37. The van der Waals surface area contributed by atoms with Crippen LogP contribution in [0.1, 0.15) is 16.8 Å². The van der Waals surface area contributed by atoms with E-state index < -0.39 is 0 Å². The lowest BCUT2D eigenvalue weighted by Crippen LogP contribution is -2.22. The normalized spacial score (nSPS) is 15.6. The van der Waals surface area contributed by atoms with Gasteiger partial charge in [-0.1, -0.05) is 11.6 Å². The number of aromatic amines is 1. The fourth-order valence-corrected chi connectivity index (χ4v) is 2.65. The Bertz CT molecular complexity index is 528. The first kappa shape index (κ1) is 9.25. The highest BCUT2D eigenvalue weighted by Gasteiger charge is 2.16. The molecule has 0 aliphatic carbocycles. The minimum atomic E-state index is 0.826. The number of halogens is 1. The quantitative estimate of drug-likeness (QED) is 0.702. The molecular formula is C12H13ClN2. The van der Waals surface area contributed by atoms with Gasteiger partial charge in [0.1, 0.15) is 0 Å². The lowest BCUT2D eigenvalue weighted by atomic mass is 10.0. The minimum Gasteiger partial charge on any atom is -0.358 e. The van der Waals surface area contributed by atoms with Gasteiger partial charge >= 0.3 is 0 Å². The zero-order chi connectivity index (χ0) is 10.4. The van der Waals surface area contributed by atoms with Crippen LogP contribution in [0.15, 0.2) is 12.1 Å². The molecule has 2 nitrogen and oxygen atoms in total. The SMILES string of the molecule is Cc1cc(Cl)cc2c3c([nH]c12)CCNC3. The van der Waals surface area contributed by atoms with Crippen molar-refractivity contribution in [2.24, 2.45) is 0 Å². The van der Waals surface area contributed by atoms with Gasteiger partial charge in [-0.2, -0.15) is 0 Å². The van der Waals surface area contributed by atoms with Crippen molar-refractivity contribution in [3.63, 3.8) is 0 Å². The predicted octanol–water partition coefficient (Wildman–Crippen LogP) is 2.78. The summed E-state index contributed by atoms with van der Waals surface area (Å²) in [6.07, 6.45) is 1.08. The molecule has 78 valence electrons. The van der Waals surface area contributed by atoms with E-state index in [0.29, 0.717) is 0 Å². The van der Waals surface area contributed by atoms with E-state index in [1.165, 1.54) is 27.7 Å². The van der Waals surface area contributed by atoms with Crippen molar-refractivity contribution < 1.29 is 0 Å². The van der Waals surface area contributed by atoms with Gasteiger partial charge in [0.05, 0.1) is 0 Å². The summed E-state index contributed by atoms with van der Waals surface area (Å²) in [5.41, 5.74) is 5.23. The largest absolute Gasteiger partial charge is 0.358 e. The lowest BCUT2D eigenvalue weighted by molar-refractivity contribution is 0.641. The molecule has 0 saturated carbocycles. The van der Waals surface area contributed by atoms with Crippen LogP contribution in [0.3, 0.4) is 0 Å². The average Bonchev–Trinajstić information content (AvgIpc) is 2.57. The molecule has 2 aromatic rings. The highest BCUT2D eigenvalue weighted by Crippen LogP contribution is 2.29. The maximum Gasteiger partial charge on any atom is 0.0490 e. The van der Waals surface area contributed by atoms with Gasteiger partial charge in [-0.3, -0.25) is 0 Å². The predicted molar refractivity (Wildman–Crippen MR) is 63.5 cm³/mol. The Labute approximate surface area is 93.6 Å². The summed E-state index contributed by atoms with van der Waals surface area (Å²) >= 11 is 6.09. The van der Waals surface area contributed by atoms with Gasteiger partial charge < -0.3 is 10.3 Å². The number of aryl methyl sites for hydroxylation is 1. The van der Waals surface area contributed by atoms with Gasteiger partial charge in [-0.25, -0.2) is 0 Å². The second-order valence-electron chi connectivity index (χ2n) is 4.15. The number of aromatic nitrogens is 1. The van der Waals surface area contributed by atoms with Crippen molar-refractivity contribution in [1.29, 1.82) is 0 Å². The highest BCUT2D eigenvalue weighted by atomic mass is 35.5. The molecule has 2 N–H and O–H groups in total. The van der Waals surface area contributed by atoms with Crippen molar-refractivity contribution in [3.8, 4) is 0 Å². The van der Waals surface area contributed by atoms with E-state index >= 15 is 0 Å². The molecule has 15 heavy (non-hydrogen) atoms. The number of hydrogen-bond donors (Lipinski definition) is 2. The van der Waals surface area contributed by atoms with Gasteiger partial charge in [0.15, 0.2) is 0 Å². The van der Waals surface area contributed by atoms with Crippen molar-refractivity contribution in [1.82, 2.24) is 10.3 Å². The van der Waals surface area contributed by atoms with Crippen LogP contribution >= 0.6 is 11.6 Å². The van der Waals surface area contributed by atoms with E-state index in [0.717, 1.165) is 24.5 Å². The molecule has 0 bridgehead atoms. The highest BCUT2D eigenvalue weighted by molar-refractivity contribution is 6.31. The van der Waals surface area contributed by atoms with Gasteiger partial charge in [-0.05, 0) is 30.2 Å². The van der Waals surface area contributed by atoms with E-state index in [1.54, 1.807) is 0 Å². The number of rotatable bonds is 0. The summed E-state index contributed by atoms with van der Waals surface area (Å²) in [5, 5.41) is 5.50. The molecule has 0 radical (unpaired) electrons. The maximum absolute atomic E-state index is 6.09. The molecule has 1 aromatic heterocycles. The van der Waals surface area contributed by atoms with Crippen LogP contribution in [0.4, 0.5) is 0 Å². The molecule has 0 atom stereocenters. The number of benzene rings is 1. The monoisotopic (exact) mass is 220 g/mol. The smallest absolute Gasteiger partial charge is 0.0490 e. The maximum atomic E-state index is 6.09. The zero-order valence-electron chi connectivity index (χ0n) is 8.65. The Morgan fingerprint density at radius 1 is 1.33 bits per heavy atom. The van der Waals surface area contributed by atoms with Gasteiger partial charge in [0.25, 0.3) is 0 Å². The third kappa shape index (κ3) is 1.36. The van der Waals surface area contributed by atoms with E-state index in [2.05, 4.69) is 23.3 Å². The third-order valence-corrected chi connectivity index (χ3v) is 3.34. The Morgan fingerprint density at radius 2 is 2.20 bits per heavy atom. The fourth-order valence-electron chi connectivity index (χ4n) is 2.38. The number of nitrogens with one attached hydrogen (secondary N) is 2. The Morgan fingerprint density at radius 3 is 3.07 bits per heavy atom. The molecule has 0 spiro atoms. The minimum absolute atomic E-state index is 0.826. The molecule has 3 rings (SSSR count). The van der Waals surface area contributed by atoms with Gasteiger partial charge in [-0.15, -0.1) is 0 Å². The number of hydrogen-bond acceptors (Lipinski definition) is 1. The van der Waals surface area contributed by atoms with Crippen molar-refractivity contribution in [2.45, 2.75) is 19.9 Å². The van der Waals surface area contributed by atoms with E-state index in [-0.39, 0.29) is 0 Å². The molecule has 1 aromatic carbocycles. The lowest BCUT2D eigenvalue weighted by Gasteiger charge is -2.12. The second kappa shape index (κ2) is 3.26. The summed E-state index contributed by atoms with van der Waals surface area (Å²) in [6, 6.07) is 4.07. The molecule has 0 saturated heterocycles. The molecule has 2 heterocycles. The second-order valence-corrected chi connectivity index (χ2v) is 4.59. The van der Waals surface area contributed by atoms with Crippen molar-refractivity contribution >= 4 is 22.5 Å². The number of fused-ring (bicyclic) bond motifs is 3. The molecule has 0 unspecified atom stereocenters. The first-order valence-electron chi connectivity index (χ1n) is 5.26. The first-order chi connectivity index (χ1) is 7.25. The van der Waals surface area contributed by atoms with Crippen LogP contribution in [0.5, 0.6) is 0 Å². The van der Waals surface area contributed by atoms with Crippen molar-refractivity contribution in [3.05, 3.63) is 34.0 Å². The molecular weight excluding hydrogens is 208 g/mol. The molecule has 1 aliphatic rings. The third-order valence-electron chi connectivity index (χ3n) is 3.12. The topological polar surface area (TPSA) is 27.8 Å². The van der Waals surface area contributed by atoms with Gasteiger partial charge in [0, 0.05) is 41.1 Å². The van der Waals surface area contributed by atoms with E-state index in [4.69, 9.17) is 11.6 Å². The zero-order valence-corrected chi connectivity index (χ0v) is 9.41. The Hall–Kier alpha value is -0.990. The molecule has 0 fully saturated rings. The number of H-pyrrole nitrogens is 1. The van der Waals surface area contributed by atoms with E-state index in [1.807, 2.05) is 6.07 Å². The van der Waals surface area contributed by atoms with Crippen molar-refractivity contribution in [2.75, 3.05) is 6.54 Å². The average molecular weight is 221 g/mol.